The maximum Gasteiger partial charge on any atom is 0.0708 e. The highest BCUT2D eigenvalue weighted by Gasteiger charge is 2.08. The highest BCUT2D eigenvalue weighted by atomic mass is 35.5. The molecule has 0 radical (unpaired) electrons. The van der Waals surface area contributed by atoms with Gasteiger partial charge in [-0.1, -0.05) is 41.9 Å². The normalized spacial score (nSPS) is 10.8. The summed E-state index contributed by atoms with van der Waals surface area (Å²) >= 11 is 6.37. The molecule has 0 aliphatic carbocycles. The summed E-state index contributed by atoms with van der Waals surface area (Å²) in [5, 5.41) is 1.83. The van der Waals surface area contributed by atoms with Crippen molar-refractivity contribution < 1.29 is 0 Å². The first-order chi connectivity index (χ1) is 9.29. The highest BCUT2D eigenvalue weighted by molar-refractivity contribution is 6.33. The summed E-state index contributed by atoms with van der Waals surface area (Å²) in [6, 6.07) is 16.0. The average molecular weight is 269 g/mol. The molecule has 0 saturated heterocycles. The molecule has 0 unspecified atom stereocenters. The van der Waals surface area contributed by atoms with Gasteiger partial charge in [0.15, 0.2) is 0 Å². The lowest BCUT2D eigenvalue weighted by molar-refractivity contribution is 1.07. The molecule has 0 aliphatic rings. The zero-order chi connectivity index (χ0) is 13.2. The minimum Gasteiger partial charge on any atom is -0.326 e. The predicted molar refractivity (Wildman–Crippen MR) is 80.1 cm³/mol. The van der Waals surface area contributed by atoms with E-state index < -0.39 is 0 Å². The van der Waals surface area contributed by atoms with Crippen molar-refractivity contribution in [2.75, 3.05) is 0 Å². The SMILES string of the molecule is NCc1ccc(-c2cccc3ncccc23)c(Cl)c1. The second kappa shape index (κ2) is 5.00. The summed E-state index contributed by atoms with van der Waals surface area (Å²) < 4.78 is 0. The molecule has 0 spiro atoms. The Hall–Kier alpha value is -1.90. The summed E-state index contributed by atoms with van der Waals surface area (Å²) in [5.74, 6) is 0. The number of nitrogens with two attached hydrogens (primary N) is 1. The third-order valence-electron chi connectivity index (χ3n) is 3.21. The summed E-state index contributed by atoms with van der Waals surface area (Å²) in [4.78, 5) is 4.37. The molecule has 0 amide bonds. The molecule has 0 atom stereocenters. The van der Waals surface area contributed by atoms with Crippen LogP contribution < -0.4 is 5.73 Å². The van der Waals surface area contributed by atoms with Crippen LogP contribution in [0.5, 0.6) is 0 Å². The molecular weight excluding hydrogens is 256 g/mol. The molecule has 2 aromatic carbocycles. The number of fused-ring (bicyclic) bond motifs is 1. The molecule has 1 aromatic heterocycles. The van der Waals surface area contributed by atoms with E-state index in [2.05, 4.69) is 17.1 Å². The largest absolute Gasteiger partial charge is 0.326 e. The molecule has 2 N–H and O–H groups in total. The van der Waals surface area contributed by atoms with Crippen LogP contribution in [-0.4, -0.2) is 4.98 Å². The van der Waals surface area contributed by atoms with Gasteiger partial charge in [0.2, 0.25) is 0 Å². The van der Waals surface area contributed by atoms with E-state index in [-0.39, 0.29) is 0 Å². The number of benzene rings is 2. The molecular formula is C16H13ClN2. The van der Waals surface area contributed by atoms with Crippen LogP contribution in [0.15, 0.2) is 54.7 Å². The van der Waals surface area contributed by atoms with Crippen molar-refractivity contribution in [3.8, 4) is 11.1 Å². The average Bonchev–Trinajstić information content (AvgIpc) is 2.46. The lowest BCUT2D eigenvalue weighted by Crippen LogP contribution is -1.96. The smallest absolute Gasteiger partial charge is 0.0708 e. The Morgan fingerprint density at radius 3 is 2.68 bits per heavy atom. The number of hydrogen-bond acceptors (Lipinski definition) is 2. The van der Waals surface area contributed by atoms with Crippen LogP contribution >= 0.6 is 11.6 Å². The van der Waals surface area contributed by atoms with E-state index in [9.17, 15) is 0 Å². The zero-order valence-corrected chi connectivity index (χ0v) is 11.1. The Bertz CT molecular complexity index is 732. The lowest BCUT2D eigenvalue weighted by atomic mass is 9.99. The van der Waals surface area contributed by atoms with Gasteiger partial charge < -0.3 is 5.73 Å². The quantitative estimate of drug-likeness (QED) is 0.763. The van der Waals surface area contributed by atoms with Crippen molar-refractivity contribution in [2.45, 2.75) is 6.54 Å². The standard InChI is InChI=1S/C16H13ClN2/c17-15-9-11(10-18)6-7-13(15)12-3-1-5-16-14(12)4-2-8-19-16/h1-9H,10,18H2. The molecule has 94 valence electrons. The number of hydrogen-bond donors (Lipinski definition) is 1. The summed E-state index contributed by atoms with van der Waals surface area (Å²) in [6.07, 6.45) is 1.80. The van der Waals surface area contributed by atoms with Crippen molar-refractivity contribution in [3.63, 3.8) is 0 Å². The molecule has 0 saturated carbocycles. The number of pyridine rings is 1. The fourth-order valence-corrected chi connectivity index (χ4v) is 2.55. The van der Waals surface area contributed by atoms with Gasteiger partial charge >= 0.3 is 0 Å². The van der Waals surface area contributed by atoms with Crippen molar-refractivity contribution >= 4 is 22.5 Å². The molecule has 19 heavy (non-hydrogen) atoms. The Kier molecular flexibility index (Phi) is 3.20. The first kappa shape index (κ1) is 12.2. The molecule has 3 heteroatoms. The number of rotatable bonds is 2. The van der Waals surface area contributed by atoms with Crippen LogP contribution in [0.1, 0.15) is 5.56 Å². The Morgan fingerprint density at radius 1 is 1.00 bits per heavy atom. The summed E-state index contributed by atoms with van der Waals surface area (Å²) in [7, 11) is 0. The Balaban J connectivity index is 2.24. The highest BCUT2D eigenvalue weighted by Crippen LogP contribution is 2.33. The predicted octanol–water partition coefficient (Wildman–Crippen LogP) is 4.01. The molecule has 0 fully saturated rings. The summed E-state index contributed by atoms with van der Waals surface area (Å²) in [5.41, 5.74) is 9.74. The van der Waals surface area contributed by atoms with Gasteiger partial charge in [0.05, 0.1) is 5.52 Å². The first-order valence-corrected chi connectivity index (χ1v) is 6.50. The van der Waals surface area contributed by atoms with Crippen LogP contribution in [0, 0.1) is 0 Å². The van der Waals surface area contributed by atoms with Crippen LogP contribution in [-0.2, 0) is 6.54 Å². The van der Waals surface area contributed by atoms with Gasteiger partial charge in [0.25, 0.3) is 0 Å². The van der Waals surface area contributed by atoms with E-state index in [4.69, 9.17) is 17.3 Å². The van der Waals surface area contributed by atoms with Gasteiger partial charge in [-0.15, -0.1) is 0 Å². The van der Waals surface area contributed by atoms with E-state index in [0.717, 1.165) is 32.6 Å². The molecule has 3 aromatic rings. The Morgan fingerprint density at radius 2 is 1.89 bits per heavy atom. The molecule has 2 nitrogen and oxygen atoms in total. The number of halogens is 1. The maximum absolute atomic E-state index is 6.37. The minimum atomic E-state index is 0.497. The minimum absolute atomic E-state index is 0.497. The van der Waals surface area contributed by atoms with Crippen LogP contribution in [0.4, 0.5) is 0 Å². The maximum atomic E-state index is 6.37. The van der Waals surface area contributed by atoms with E-state index in [1.807, 2.05) is 36.4 Å². The van der Waals surface area contributed by atoms with Gasteiger partial charge in [-0.3, -0.25) is 4.98 Å². The summed E-state index contributed by atoms with van der Waals surface area (Å²) in [6.45, 7) is 0.497. The number of aromatic nitrogens is 1. The third kappa shape index (κ3) is 2.21. The first-order valence-electron chi connectivity index (χ1n) is 6.12. The van der Waals surface area contributed by atoms with Gasteiger partial charge in [-0.25, -0.2) is 0 Å². The molecule has 1 heterocycles. The molecule has 3 rings (SSSR count). The van der Waals surface area contributed by atoms with Gasteiger partial charge in [0, 0.05) is 28.7 Å². The second-order valence-corrected chi connectivity index (χ2v) is 4.80. The molecule has 0 aliphatic heterocycles. The van der Waals surface area contributed by atoms with E-state index in [1.54, 1.807) is 6.20 Å². The van der Waals surface area contributed by atoms with Gasteiger partial charge in [-0.2, -0.15) is 0 Å². The third-order valence-corrected chi connectivity index (χ3v) is 3.52. The Labute approximate surface area is 116 Å². The van der Waals surface area contributed by atoms with Crippen LogP contribution in [0.25, 0.3) is 22.0 Å². The van der Waals surface area contributed by atoms with Crippen molar-refractivity contribution in [2.24, 2.45) is 5.73 Å². The topological polar surface area (TPSA) is 38.9 Å². The second-order valence-electron chi connectivity index (χ2n) is 4.39. The van der Waals surface area contributed by atoms with Crippen molar-refractivity contribution in [1.82, 2.24) is 4.98 Å². The van der Waals surface area contributed by atoms with E-state index in [0.29, 0.717) is 6.54 Å². The fraction of sp³-hybridized carbons (Fsp3) is 0.0625. The van der Waals surface area contributed by atoms with Gasteiger partial charge in [-0.05, 0) is 29.3 Å². The van der Waals surface area contributed by atoms with Crippen LogP contribution in [0.3, 0.4) is 0 Å². The number of nitrogens with zero attached hydrogens (tertiary/aromatic N) is 1. The lowest BCUT2D eigenvalue weighted by Gasteiger charge is -2.09. The molecule has 0 bridgehead atoms. The van der Waals surface area contributed by atoms with E-state index >= 15 is 0 Å². The monoisotopic (exact) mass is 268 g/mol. The fourth-order valence-electron chi connectivity index (χ4n) is 2.24. The van der Waals surface area contributed by atoms with Gasteiger partial charge in [0.1, 0.15) is 0 Å². The van der Waals surface area contributed by atoms with Crippen molar-refractivity contribution in [1.29, 1.82) is 0 Å². The van der Waals surface area contributed by atoms with Crippen molar-refractivity contribution in [3.05, 3.63) is 65.3 Å². The van der Waals surface area contributed by atoms with E-state index in [1.165, 1.54) is 0 Å². The van der Waals surface area contributed by atoms with Crippen LogP contribution in [0.2, 0.25) is 5.02 Å². The zero-order valence-electron chi connectivity index (χ0n) is 10.3.